The second-order valence-corrected chi connectivity index (χ2v) is 6.84. The summed E-state index contributed by atoms with van der Waals surface area (Å²) in [4.78, 5) is 5.46. The summed E-state index contributed by atoms with van der Waals surface area (Å²) in [7, 11) is 0. The molecule has 0 amide bonds. The van der Waals surface area contributed by atoms with Gasteiger partial charge in [-0.05, 0) is 70.7 Å². The van der Waals surface area contributed by atoms with Crippen LogP contribution >= 0.6 is 0 Å². The van der Waals surface area contributed by atoms with E-state index in [0.29, 0.717) is 0 Å². The highest BCUT2D eigenvalue weighted by atomic mass is 15.3. The summed E-state index contributed by atoms with van der Waals surface area (Å²) >= 11 is 0. The Morgan fingerprint density at radius 3 is 2.00 bits per heavy atom. The third-order valence-electron chi connectivity index (χ3n) is 5.54. The van der Waals surface area contributed by atoms with Crippen LogP contribution in [0.4, 0.5) is 0 Å². The Kier molecular flexibility index (Phi) is 5.71. The van der Waals surface area contributed by atoms with Crippen molar-refractivity contribution in [1.82, 2.24) is 20.4 Å². The molecule has 0 spiro atoms. The maximum absolute atomic E-state index is 3.48. The Morgan fingerprint density at radius 2 is 1.35 bits per heavy atom. The lowest BCUT2D eigenvalue weighted by atomic mass is 9.94. The van der Waals surface area contributed by atoms with Crippen LogP contribution in [0.5, 0.6) is 0 Å². The highest BCUT2D eigenvalue weighted by Gasteiger charge is 2.25. The molecule has 0 aromatic rings. The zero-order valence-electron chi connectivity index (χ0n) is 12.9. The number of piperazine rings is 1. The summed E-state index contributed by atoms with van der Waals surface area (Å²) in [5.41, 5.74) is 0. The third kappa shape index (κ3) is 4.17. The first kappa shape index (κ1) is 14.8. The van der Waals surface area contributed by atoms with Gasteiger partial charge in [-0.1, -0.05) is 0 Å². The molecule has 3 fully saturated rings. The SMILES string of the molecule is C1CC(CCN2CCN(C3CCNCC3)CC2)CCN1. The highest BCUT2D eigenvalue weighted by molar-refractivity contribution is 4.82. The molecule has 0 radical (unpaired) electrons. The van der Waals surface area contributed by atoms with Crippen LogP contribution in [0.3, 0.4) is 0 Å². The molecular weight excluding hydrogens is 248 g/mol. The van der Waals surface area contributed by atoms with Crippen molar-refractivity contribution in [3.8, 4) is 0 Å². The molecule has 3 aliphatic rings. The van der Waals surface area contributed by atoms with E-state index >= 15 is 0 Å². The minimum atomic E-state index is 0.864. The van der Waals surface area contributed by atoms with Crippen molar-refractivity contribution in [2.24, 2.45) is 5.92 Å². The van der Waals surface area contributed by atoms with E-state index in [4.69, 9.17) is 0 Å². The van der Waals surface area contributed by atoms with Gasteiger partial charge < -0.3 is 15.5 Å². The molecule has 0 aromatic carbocycles. The fraction of sp³-hybridized carbons (Fsp3) is 1.00. The quantitative estimate of drug-likeness (QED) is 0.795. The van der Waals surface area contributed by atoms with Crippen molar-refractivity contribution in [3.63, 3.8) is 0 Å². The predicted molar refractivity (Wildman–Crippen MR) is 84.1 cm³/mol. The van der Waals surface area contributed by atoms with E-state index in [1.54, 1.807) is 0 Å². The van der Waals surface area contributed by atoms with Gasteiger partial charge in [-0.15, -0.1) is 0 Å². The van der Waals surface area contributed by atoms with Crippen LogP contribution in [0.25, 0.3) is 0 Å². The third-order valence-corrected chi connectivity index (χ3v) is 5.54. The van der Waals surface area contributed by atoms with Gasteiger partial charge in [0.2, 0.25) is 0 Å². The zero-order valence-corrected chi connectivity index (χ0v) is 12.9. The second kappa shape index (κ2) is 7.74. The molecule has 4 nitrogen and oxygen atoms in total. The molecule has 0 bridgehead atoms. The molecule has 3 rings (SSSR count). The second-order valence-electron chi connectivity index (χ2n) is 6.84. The molecule has 0 unspecified atom stereocenters. The Morgan fingerprint density at radius 1 is 0.750 bits per heavy atom. The summed E-state index contributed by atoms with van der Waals surface area (Å²) in [6, 6.07) is 0.864. The largest absolute Gasteiger partial charge is 0.317 e. The topological polar surface area (TPSA) is 30.5 Å². The smallest absolute Gasteiger partial charge is 0.0120 e. The summed E-state index contributed by atoms with van der Waals surface area (Å²) < 4.78 is 0. The van der Waals surface area contributed by atoms with Crippen molar-refractivity contribution < 1.29 is 0 Å². The summed E-state index contributed by atoms with van der Waals surface area (Å²) in [6.07, 6.45) is 6.93. The molecule has 0 atom stereocenters. The molecule has 4 heteroatoms. The average molecular weight is 280 g/mol. The summed E-state index contributed by atoms with van der Waals surface area (Å²) in [6.45, 7) is 11.5. The zero-order chi connectivity index (χ0) is 13.6. The standard InChI is InChI=1S/C16H32N4/c1-6-17-7-2-15(1)5-10-19-11-13-20(14-12-19)16-3-8-18-9-4-16/h15-18H,1-14H2. The van der Waals surface area contributed by atoms with Crippen LogP contribution in [0.15, 0.2) is 0 Å². The van der Waals surface area contributed by atoms with Crippen LogP contribution in [-0.2, 0) is 0 Å². The van der Waals surface area contributed by atoms with Crippen LogP contribution in [0.2, 0.25) is 0 Å². The van der Waals surface area contributed by atoms with Crippen molar-refractivity contribution in [3.05, 3.63) is 0 Å². The molecule has 0 saturated carbocycles. The molecule has 3 aliphatic heterocycles. The minimum Gasteiger partial charge on any atom is -0.317 e. The Balaban J connectivity index is 1.33. The van der Waals surface area contributed by atoms with Crippen LogP contribution in [-0.4, -0.2) is 74.7 Å². The van der Waals surface area contributed by atoms with E-state index in [0.717, 1.165) is 12.0 Å². The first-order valence-corrected chi connectivity index (χ1v) is 8.79. The van der Waals surface area contributed by atoms with E-state index in [2.05, 4.69) is 20.4 Å². The van der Waals surface area contributed by atoms with E-state index in [-0.39, 0.29) is 0 Å². The Bertz CT molecular complexity index is 264. The molecule has 0 aliphatic carbocycles. The van der Waals surface area contributed by atoms with Gasteiger partial charge in [0.05, 0.1) is 0 Å². The maximum atomic E-state index is 3.48. The normalized spacial score (nSPS) is 28.8. The fourth-order valence-corrected chi connectivity index (χ4v) is 4.06. The van der Waals surface area contributed by atoms with Crippen molar-refractivity contribution >= 4 is 0 Å². The Hall–Kier alpha value is -0.160. The number of hydrogen-bond acceptors (Lipinski definition) is 4. The number of piperidine rings is 2. The van der Waals surface area contributed by atoms with Gasteiger partial charge in [0.15, 0.2) is 0 Å². The van der Waals surface area contributed by atoms with Crippen LogP contribution < -0.4 is 10.6 Å². The van der Waals surface area contributed by atoms with E-state index in [1.807, 2.05) is 0 Å². The first-order valence-electron chi connectivity index (χ1n) is 8.79. The molecule has 20 heavy (non-hydrogen) atoms. The molecule has 0 aromatic heterocycles. The van der Waals surface area contributed by atoms with Crippen molar-refractivity contribution in [2.45, 2.75) is 38.1 Å². The van der Waals surface area contributed by atoms with Crippen LogP contribution in [0.1, 0.15) is 32.1 Å². The van der Waals surface area contributed by atoms with Crippen LogP contribution in [0, 0.1) is 5.92 Å². The molecule has 3 saturated heterocycles. The van der Waals surface area contributed by atoms with E-state index in [9.17, 15) is 0 Å². The molecular formula is C16H32N4. The number of nitrogens with one attached hydrogen (secondary N) is 2. The van der Waals surface area contributed by atoms with Gasteiger partial charge in [0.1, 0.15) is 0 Å². The fourth-order valence-electron chi connectivity index (χ4n) is 4.06. The summed E-state index contributed by atoms with van der Waals surface area (Å²) in [5, 5.41) is 6.95. The van der Waals surface area contributed by atoms with Gasteiger partial charge in [0, 0.05) is 32.2 Å². The van der Waals surface area contributed by atoms with Gasteiger partial charge >= 0.3 is 0 Å². The molecule has 2 N–H and O–H groups in total. The Labute approximate surface area is 124 Å². The number of hydrogen-bond donors (Lipinski definition) is 2. The lowest BCUT2D eigenvalue weighted by molar-refractivity contribution is 0.0780. The highest BCUT2D eigenvalue weighted by Crippen LogP contribution is 2.18. The average Bonchev–Trinajstić information content (AvgIpc) is 2.55. The predicted octanol–water partition coefficient (Wildman–Crippen LogP) is 0.746. The lowest BCUT2D eigenvalue weighted by Gasteiger charge is -2.41. The van der Waals surface area contributed by atoms with E-state index in [1.165, 1.54) is 91.0 Å². The number of nitrogens with zero attached hydrogens (tertiary/aromatic N) is 2. The molecule has 116 valence electrons. The van der Waals surface area contributed by atoms with E-state index < -0.39 is 0 Å². The molecule has 3 heterocycles. The summed E-state index contributed by atoms with van der Waals surface area (Å²) in [5.74, 6) is 0.985. The monoisotopic (exact) mass is 280 g/mol. The minimum absolute atomic E-state index is 0.864. The van der Waals surface area contributed by atoms with Crippen molar-refractivity contribution in [1.29, 1.82) is 0 Å². The number of rotatable bonds is 4. The van der Waals surface area contributed by atoms with Gasteiger partial charge in [0.25, 0.3) is 0 Å². The van der Waals surface area contributed by atoms with Gasteiger partial charge in [-0.2, -0.15) is 0 Å². The van der Waals surface area contributed by atoms with Gasteiger partial charge in [-0.3, -0.25) is 4.90 Å². The lowest BCUT2D eigenvalue weighted by Crippen LogP contribution is -2.52. The maximum Gasteiger partial charge on any atom is 0.0120 e. The first-order chi connectivity index (χ1) is 9.92. The van der Waals surface area contributed by atoms with Crippen molar-refractivity contribution in [2.75, 3.05) is 58.9 Å². The van der Waals surface area contributed by atoms with Gasteiger partial charge in [-0.25, -0.2) is 0 Å².